The van der Waals surface area contributed by atoms with Crippen molar-refractivity contribution in [2.45, 2.75) is 42.6 Å². The van der Waals surface area contributed by atoms with Crippen LogP contribution in [-0.2, 0) is 5.75 Å². The van der Waals surface area contributed by atoms with Gasteiger partial charge in [-0.05, 0) is 43.9 Å². The van der Waals surface area contributed by atoms with Gasteiger partial charge in [-0.2, -0.15) is 0 Å². The van der Waals surface area contributed by atoms with E-state index in [9.17, 15) is 0 Å². The maximum atomic E-state index is 6.06. The fraction of sp³-hybridized carbons (Fsp3) is 0.421. The Balaban J connectivity index is 1.32. The number of thioether (sulfide) groups is 1. The highest BCUT2D eigenvalue weighted by Crippen LogP contribution is 2.41. The van der Waals surface area contributed by atoms with E-state index in [2.05, 4.69) is 24.6 Å². The molecule has 5 rings (SSSR count). The number of hydrogen-bond donors (Lipinski definition) is 0. The summed E-state index contributed by atoms with van der Waals surface area (Å²) in [6, 6.07) is 8.09. The quantitative estimate of drug-likeness (QED) is 0.552. The van der Waals surface area contributed by atoms with Crippen molar-refractivity contribution in [3.8, 4) is 11.5 Å². The minimum atomic E-state index is 0.553. The van der Waals surface area contributed by atoms with Gasteiger partial charge in [0.2, 0.25) is 11.8 Å². The molecule has 0 bridgehead atoms. The fourth-order valence-corrected chi connectivity index (χ4v) is 4.49. The van der Waals surface area contributed by atoms with Crippen LogP contribution in [0.2, 0.25) is 5.02 Å². The molecular weight excluding hydrogens is 382 g/mol. The monoisotopic (exact) mass is 401 g/mol. The lowest BCUT2D eigenvalue weighted by atomic mass is 10.2. The Kier molecular flexibility index (Phi) is 4.57. The molecule has 2 aromatic heterocycles. The van der Waals surface area contributed by atoms with Gasteiger partial charge in [-0.25, -0.2) is 4.98 Å². The summed E-state index contributed by atoms with van der Waals surface area (Å²) in [6.07, 6.45) is 6.63. The number of oxazole rings is 1. The number of aromatic nitrogens is 4. The molecule has 0 N–H and O–H groups in total. The zero-order valence-corrected chi connectivity index (χ0v) is 16.4. The van der Waals surface area contributed by atoms with Crippen LogP contribution in [0.25, 0.3) is 11.5 Å². The van der Waals surface area contributed by atoms with Crippen LogP contribution in [0, 0.1) is 0 Å². The number of benzene rings is 1. The highest BCUT2D eigenvalue weighted by molar-refractivity contribution is 7.98. The van der Waals surface area contributed by atoms with Gasteiger partial charge < -0.3 is 9.32 Å². The molecule has 27 heavy (non-hydrogen) atoms. The van der Waals surface area contributed by atoms with Gasteiger partial charge in [0.05, 0.1) is 5.69 Å². The molecule has 1 saturated heterocycles. The van der Waals surface area contributed by atoms with Crippen molar-refractivity contribution in [3.63, 3.8) is 0 Å². The molecular formula is C19H20ClN5OS. The largest absolute Gasteiger partial charge is 0.444 e. The second-order valence-electron chi connectivity index (χ2n) is 7.02. The van der Waals surface area contributed by atoms with Gasteiger partial charge in [-0.1, -0.05) is 29.4 Å². The molecule has 0 unspecified atom stereocenters. The smallest absolute Gasteiger partial charge is 0.228 e. The second kappa shape index (κ2) is 7.20. The van der Waals surface area contributed by atoms with Gasteiger partial charge in [-0.3, -0.25) is 4.57 Å². The molecule has 6 nitrogen and oxygen atoms in total. The highest BCUT2D eigenvalue weighted by Gasteiger charge is 2.32. The molecule has 140 valence electrons. The van der Waals surface area contributed by atoms with E-state index in [0.717, 1.165) is 35.5 Å². The number of rotatable bonds is 6. The summed E-state index contributed by atoms with van der Waals surface area (Å²) in [7, 11) is 0. The Hall–Kier alpha value is -1.99. The molecule has 3 heterocycles. The first kappa shape index (κ1) is 17.1. The van der Waals surface area contributed by atoms with Gasteiger partial charge in [-0.15, -0.1) is 10.2 Å². The van der Waals surface area contributed by atoms with E-state index < -0.39 is 0 Å². The maximum Gasteiger partial charge on any atom is 0.228 e. The third-order valence-corrected chi connectivity index (χ3v) is 6.13. The van der Waals surface area contributed by atoms with Crippen molar-refractivity contribution < 1.29 is 4.42 Å². The molecule has 2 aliphatic rings. The minimum Gasteiger partial charge on any atom is -0.444 e. The summed E-state index contributed by atoms with van der Waals surface area (Å²) >= 11 is 7.73. The molecule has 0 spiro atoms. The molecule has 1 saturated carbocycles. The van der Waals surface area contributed by atoms with Crippen molar-refractivity contribution in [2.75, 3.05) is 18.0 Å². The van der Waals surface area contributed by atoms with Crippen LogP contribution in [0.1, 0.15) is 37.4 Å². The molecule has 0 amide bonds. The van der Waals surface area contributed by atoms with E-state index in [1.165, 1.54) is 25.7 Å². The number of hydrogen-bond acceptors (Lipinski definition) is 6. The Labute approximate surface area is 166 Å². The van der Waals surface area contributed by atoms with E-state index in [4.69, 9.17) is 16.0 Å². The topological polar surface area (TPSA) is 60.0 Å². The standard InChI is InChI=1S/C19H20ClN5OS/c20-14-5-3-4-13(10-14)17-21-15(11-26-17)12-27-19-23-22-18(24-8-1-2-9-24)25(19)16-6-7-16/h3-5,10-11,16H,1-2,6-9,12H2. The molecule has 8 heteroatoms. The minimum absolute atomic E-state index is 0.553. The van der Waals surface area contributed by atoms with Gasteiger partial charge in [0, 0.05) is 35.5 Å². The molecule has 0 atom stereocenters. The highest BCUT2D eigenvalue weighted by atomic mass is 35.5. The average molecular weight is 402 g/mol. The molecule has 0 radical (unpaired) electrons. The van der Waals surface area contributed by atoms with Gasteiger partial charge in [0.25, 0.3) is 0 Å². The van der Waals surface area contributed by atoms with Crippen molar-refractivity contribution in [1.82, 2.24) is 19.7 Å². The lowest BCUT2D eigenvalue weighted by molar-refractivity contribution is 0.573. The van der Waals surface area contributed by atoms with E-state index in [-0.39, 0.29) is 0 Å². The van der Waals surface area contributed by atoms with E-state index in [0.29, 0.717) is 22.7 Å². The van der Waals surface area contributed by atoms with Crippen molar-refractivity contribution >= 4 is 29.3 Å². The first-order valence-electron chi connectivity index (χ1n) is 9.31. The number of nitrogens with zero attached hydrogens (tertiary/aromatic N) is 5. The first-order valence-corrected chi connectivity index (χ1v) is 10.7. The summed E-state index contributed by atoms with van der Waals surface area (Å²) < 4.78 is 7.96. The van der Waals surface area contributed by atoms with Crippen LogP contribution in [-0.4, -0.2) is 32.8 Å². The van der Waals surface area contributed by atoms with Gasteiger partial charge in [0.1, 0.15) is 6.26 Å². The second-order valence-corrected chi connectivity index (χ2v) is 8.40. The van der Waals surface area contributed by atoms with Crippen LogP contribution in [0.4, 0.5) is 5.95 Å². The summed E-state index contributed by atoms with van der Waals surface area (Å²) in [5, 5.41) is 10.6. The van der Waals surface area contributed by atoms with Crippen molar-refractivity contribution in [2.24, 2.45) is 0 Å². The van der Waals surface area contributed by atoms with E-state index in [1.54, 1.807) is 18.0 Å². The van der Waals surface area contributed by atoms with Crippen LogP contribution >= 0.6 is 23.4 Å². The third-order valence-electron chi connectivity index (χ3n) is 4.92. The predicted octanol–water partition coefficient (Wildman–Crippen LogP) is 4.81. The van der Waals surface area contributed by atoms with Crippen LogP contribution < -0.4 is 4.90 Å². The van der Waals surface area contributed by atoms with E-state index >= 15 is 0 Å². The molecule has 1 aromatic carbocycles. The molecule has 3 aromatic rings. The molecule has 1 aliphatic heterocycles. The summed E-state index contributed by atoms with van der Waals surface area (Å²) in [4.78, 5) is 6.96. The lowest BCUT2D eigenvalue weighted by Crippen LogP contribution is -2.22. The number of anilines is 1. The van der Waals surface area contributed by atoms with Gasteiger partial charge >= 0.3 is 0 Å². The third kappa shape index (κ3) is 3.58. The van der Waals surface area contributed by atoms with E-state index in [1.807, 2.05) is 24.3 Å². The maximum absolute atomic E-state index is 6.06. The number of halogens is 1. The van der Waals surface area contributed by atoms with Crippen molar-refractivity contribution in [3.05, 3.63) is 41.2 Å². The van der Waals surface area contributed by atoms with Gasteiger partial charge in [0.15, 0.2) is 5.16 Å². The molecule has 1 aliphatic carbocycles. The Morgan fingerprint density at radius 3 is 2.81 bits per heavy atom. The zero-order valence-electron chi connectivity index (χ0n) is 14.8. The molecule has 2 fully saturated rings. The zero-order chi connectivity index (χ0) is 18.2. The van der Waals surface area contributed by atoms with Crippen LogP contribution in [0.5, 0.6) is 0 Å². The van der Waals surface area contributed by atoms with Crippen molar-refractivity contribution in [1.29, 1.82) is 0 Å². The van der Waals surface area contributed by atoms with Crippen LogP contribution in [0.3, 0.4) is 0 Å². The summed E-state index contributed by atoms with van der Waals surface area (Å²) in [5.41, 5.74) is 1.78. The normalized spacial score (nSPS) is 17.0. The lowest BCUT2D eigenvalue weighted by Gasteiger charge is -2.17. The average Bonchev–Trinajstić information content (AvgIpc) is 3.09. The summed E-state index contributed by atoms with van der Waals surface area (Å²) in [6.45, 7) is 2.17. The first-order chi connectivity index (χ1) is 13.3. The fourth-order valence-electron chi connectivity index (χ4n) is 3.42. The SMILES string of the molecule is Clc1cccc(-c2nc(CSc3nnc(N4CCCC4)n3C3CC3)co2)c1. The Morgan fingerprint density at radius 2 is 2.04 bits per heavy atom. The predicted molar refractivity (Wildman–Crippen MR) is 106 cm³/mol. The Morgan fingerprint density at radius 1 is 1.19 bits per heavy atom. The summed E-state index contributed by atoms with van der Waals surface area (Å²) in [5.74, 6) is 2.33. The van der Waals surface area contributed by atoms with Crippen LogP contribution in [0.15, 0.2) is 40.1 Å². The Bertz CT molecular complexity index is 945.